The van der Waals surface area contributed by atoms with Gasteiger partial charge in [-0.3, -0.25) is 34.2 Å². The van der Waals surface area contributed by atoms with Crippen LogP contribution in [0, 0.1) is 0 Å². The number of carbonyl (C=O) groups excluding carboxylic acids is 4. The number of hydrogen-bond acceptors (Lipinski definition) is 12. The molecular weight excluding hydrogens is 843 g/mol. The Morgan fingerprint density at radius 3 is 2.53 bits per heavy atom. The van der Waals surface area contributed by atoms with Crippen molar-refractivity contribution in [1.82, 2.24) is 29.7 Å². The summed E-state index contributed by atoms with van der Waals surface area (Å²) >= 11 is 6.59. The maximum absolute atomic E-state index is 15.9. The van der Waals surface area contributed by atoms with E-state index in [0.29, 0.717) is 73.5 Å². The van der Waals surface area contributed by atoms with Gasteiger partial charge in [0.05, 0.1) is 23.9 Å². The molecule has 0 spiro atoms. The molecule has 2 N–H and O–H groups in total. The van der Waals surface area contributed by atoms with E-state index in [1.807, 2.05) is 50.2 Å². The van der Waals surface area contributed by atoms with E-state index in [-0.39, 0.29) is 72.1 Å². The Morgan fingerprint density at radius 1 is 1.00 bits per heavy atom. The average Bonchev–Trinajstić information content (AvgIpc) is 3.59. The van der Waals surface area contributed by atoms with Crippen LogP contribution < -0.4 is 25.8 Å². The van der Waals surface area contributed by atoms with Gasteiger partial charge in [0.25, 0.3) is 11.5 Å². The number of anilines is 3. The number of amides is 3. The predicted molar refractivity (Wildman–Crippen MR) is 239 cm³/mol. The minimum atomic E-state index is -1.07. The molecule has 4 aliphatic heterocycles. The van der Waals surface area contributed by atoms with Crippen LogP contribution in [0.5, 0.6) is 5.75 Å². The Bertz CT molecular complexity index is 2540. The molecule has 3 saturated heterocycles. The molecule has 2 aromatic heterocycles. The molecule has 1 unspecified atom stereocenters. The van der Waals surface area contributed by atoms with Gasteiger partial charge in [-0.2, -0.15) is 4.98 Å². The molecule has 2 aromatic carbocycles. The summed E-state index contributed by atoms with van der Waals surface area (Å²) in [5.41, 5.74) is 3.32. The molecule has 9 rings (SSSR count). The summed E-state index contributed by atoms with van der Waals surface area (Å²) in [6.45, 7) is 8.29. The summed E-state index contributed by atoms with van der Waals surface area (Å²) in [7, 11) is 0. The van der Waals surface area contributed by atoms with Crippen LogP contribution in [0.25, 0.3) is 10.9 Å². The largest absolute Gasteiger partial charge is 0.480 e. The van der Waals surface area contributed by atoms with Gasteiger partial charge in [-0.05, 0) is 100 Å². The number of aromatic nitrogens is 3. The molecule has 338 valence electrons. The van der Waals surface area contributed by atoms with Gasteiger partial charge in [-0.1, -0.05) is 30.7 Å². The number of benzene rings is 2. The zero-order valence-electron chi connectivity index (χ0n) is 36.4. The Labute approximate surface area is 375 Å². The third kappa shape index (κ3) is 8.83. The lowest BCUT2D eigenvalue weighted by molar-refractivity contribution is -0.137. The van der Waals surface area contributed by atoms with Gasteiger partial charge in [0, 0.05) is 73.7 Å². The molecule has 15 nitrogen and oxygen atoms in total. The van der Waals surface area contributed by atoms with Crippen molar-refractivity contribution >= 4 is 63.5 Å². The van der Waals surface area contributed by atoms with E-state index in [9.17, 15) is 24.0 Å². The summed E-state index contributed by atoms with van der Waals surface area (Å²) in [6, 6.07) is 12.4. The Hall–Kier alpha value is -5.45. The van der Waals surface area contributed by atoms with E-state index in [4.69, 9.17) is 26.1 Å². The number of ether oxygens (including phenoxy) is 2. The number of pyridine rings is 1. The number of alkyl halides is 1. The summed E-state index contributed by atoms with van der Waals surface area (Å²) in [4.78, 5) is 78.0. The minimum absolute atomic E-state index is 0.0915. The molecular formula is C47H54ClFN8O7. The smallest absolute Gasteiger partial charge is 0.293 e. The quantitative estimate of drug-likeness (QED) is 0.146. The number of hydrogen-bond donors (Lipinski definition) is 2. The van der Waals surface area contributed by atoms with E-state index in [1.54, 1.807) is 23.8 Å². The standard InChI is InChI=1S/C47H54ClFN8O7/c1-4-32(58)25-63-41-19-29-17-30(7-8-39(29)57(26(2)3)46(41)62)51-43-37(48)22-50-47(53-43)54-14-11-33(12-15-54)64-34-20-31(21-34)55-16-13-35(38(49)24-55)27-5-6-28-23-56(45(61)36(28)18-27)40-9-10-42(59)52-44(40)60/h5-8,17-19,22,26,31,33-35,38,40H,4,9-16,20-21,23-25H2,1-3H3,(H,50,51,53)(H,52,59,60)/t31?,34?,35-,38-,40?/m1/s1. The fraction of sp³-hybridized carbons (Fsp3) is 0.511. The van der Waals surface area contributed by atoms with Gasteiger partial charge in [-0.15, -0.1) is 0 Å². The van der Waals surface area contributed by atoms with Gasteiger partial charge in [0.2, 0.25) is 17.8 Å². The van der Waals surface area contributed by atoms with E-state index >= 15 is 4.39 Å². The number of carbonyl (C=O) groups is 4. The molecule has 4 aromatic rings. The van der Waals surface area contributed by atoms with Gasteiger partial charge >= 0.3 is 0 Å². The zero-order chi connectivity index (χ0) is 44.8. The molecule has 3 amide bonds. The second-order valence-corrected chi connectivity index (χ2v) is 18.4. The van der Waals surface area contributed by atoms with Crippen LogP contribution in [-0.4, -0.2) is 111 Å². The van der Waals surface area contributed by atoms with Crippen molar-refractivity contribution < 1.29 is 33.0 Å². The first-order chi connectivity index (χ1) is 30.8. The Balaban J connectivity index is 0.750. The lowest BCUT2D eigenvalue weighted by atomic mass is 9.82. The van der Waals surface area contributed by atoms with Gasteiger partial charge < -0.3 is 29.2 Å². The number of imide groups is 1. The van der Waals surface area contributed by atoms with Crippen LogP contribution in [0.1, 0.15) is 106 Å². The number of halogens is 2. The fourth-order valence-corrected chi connectivity index (χ4v) is 10.00. The average molecular weight is 897 g/mol. The van der Waals surface area contributed by atoms with E-state index in [2.05, 4.69) is 25.4 Å². The Kier molecular flexibility index (Phi) is 12.5. The number of nitrogens with one attached hydrogen (secondary N) is 2. The second kappa shape index (κ2) is 18.2. The second-order valence-electron chi connectivity index (χ2n) is 18.0. The zero-order valence-corrected chi connectivity index (χ0v) is 37.1. The van der Waals surface area contributed by atoms with Crippen molar-refractivity contribution in [3.63, 3.8) is 0 Å². The number of piperidine rings is 3. The van der Waals surface area contributed by atoms with Crippen molar-refractivity contribution in [1.29, 1.82) is 0 Å². The highest BCUT2D eigenvalue weighted by atomic mass is 35.5. The first kappa shape index (κ1) is 43.8. The third-order valence-corrected chi connectivity index (χ3v) is 13.8. The van der Waals surface area contributed by atoms with Crippen LogP contribution in [0.3, 0.4) is 0 Å². The summed E-state index contributed by atoms with van der Waals surface area (Å²) in [5, 5.41) is 6.78. The van der Waals surface area contributed by atoms with Crippen molar-refractivity contribution in [3.05, 3.63) is 80.7 Å². The third-order valence-electron chi connectivity index (χ3n) is 13.5. The summed E-state index contributed by atoms with van der Waals surface area (Å²) < 4.78 is 29.8. The molecule has 6 heterocycles. The summed E-state index contributed by atoms with van der Waals surface area (Å²) in [6.07, 6.45) is 5.62. The predicted octanol–water partition coefficient (Wildman–Crippen LogP) is 6.23. The van der Waals surface area contributed by atoms with Gasteiger partial charge in [0.1, 0.15) is 23.8 Å². The molecule has 0 bridgehead atoms. The lowest BCUT2D eigenvalue weighted by Crippen LogP contribution is -2.54. The number of Topliss-reactive ketones (excluding diaryl/α,β-unsaturated/α-hetero) is 1. The molecule has 64 heavy (non-hydrogen) atoms. The molecule has 1 saturated carbocycles. The highest BCUT2D eigenvalue weighted by Crippen LogP contribution is 2.39. The highest BCUT2D eigenvalue weighted by molar-refractivity contribution is 6.33. The molecule has 1 aliphatic carbocycles. The van der Waals surface area contributed by atoms with Gasteiger partial charge in [-0.25, -0.2) is 9.37 Å². The van der Waals surface area contributed by atoms with Crippen molar-refractivity contribution in [2.24, 2.45) is 0 Å². The first-order valence-electron chi connectivity index (χ1n) is 22.5. The highest BCUT2D eigenvalue weighted by Gasteiger charge is 2.43. The first-order valence-corrected chi connectivity index (χ1v) is 22.9. The molecule has 4 fully saturated rings. The van der Waals surface area contributed by atoms with Crippen molar-refractivity contribution in [2.75, 3.05) is 43.0 Å². The lowest BCUT2D eigenvalue weighted by Gasteiger charge is -2.47. The number of rotatable bonds is 13. The number of likely N-dealkylation sites (tertiary alicyclic amines) is 1. The van der Waals surface area contributed by atoms with Crippen molar-refractivity contribution in [2.45, 2.75) is 121 Å². The molecule has 17 heteroatoms. The molecule has 3 atom stereocenters. The van der Waals surface area contributed by atoms with Crippen molar-refractivity contribution in [3.8, 4) is 5.75 Å². The van der Waals surface area contributed by atoms with E-state index < -0.39 is 18.1 Å². The maximum Gasteiger partial charge on any atom is 0.293 e. The van der Waals surface area contributed by atoms with Crippen LogP contribution in [0.2, 0.25) is 5.02 Å². The number of fused-ring (bicyclic) bond motifs is 2. The summed E-state index contributed by atoms with van der Waals surface area (Å²) in [5.74, 6) is -0.269. The van der Waals surface area contributed by atoms with E-state index in [0.717, 1.165) is 54.3 Å². The fourth-order valence-electron chi connectivity index (χ4n) is 9.86. The van der Waals surface area contributed by atoms with Crippen LogP contribution in [0.15, 0.2) is 53.5 Å². The normalized spacial score (nSPS) is 24.2. The Morgan fingerprint density at radius 2 is 1.80 bits per heavy atom. The minimum Gasteiger partial charge on any atom is -0.480 e. The monoisotopic (exact) mass is 896 g/mol. The van der Waals surface area contributed by atoms with E-state index in [1.165, 1.54) is 4.90 Å². The van der Waals surface area contributed by atoms with Crippen LogP contribution >= 0.6 is 11.6 Å². The number of nitrogens with zero attached hydrogens (tertiary/aromatic N) is 6. The molecule has 0 radical (unpaired) electrons. The molecule has 5 aliphatic rings. The van der Waals surface area contributed by atoms with Gasteiger partial charge in [0.15, 0.2) is 17.4 Å². The van der Waals surface area contributed by atoms with Crippen LogP contribution in [0.4, 0.5) is 21.8 Å². The van der Waals surface area contributed by atoms with Crippen LogP contribution in [-0.2, 0) is 25.7 Å². The maximum atomic E-state index is 15.9. The SMILES string of the molecule is CCC(=O)COc1cc2cc(Nc3nc(N4CCC(OC5CC(N6CC[C@H](c7ccc8c(c7)C(=O)N(C7CCC(=O)NC7=O)C8)[C@H](F)C6)C5)CC4)ncc3Cl)ccc2n(C(C)C)c1=O. The topological polar surface area (TPSA) is 168 Å². The number of ketones is 1.